The number of aromatic nitrogens is 3. The zero-order valence-corrected chi connectivity index (χ0v) is 28.5. The van der Waals surface area contributed by atoms with E-state index >= 15 is 0 Å². The van der Waals surface area contributed by atoms with Gasteiger partial charge in [0.25, 0.3) is 5.91 Å². The summed E-state index contributed by atoms with van der Waals surface area (Å²) in [4.78, 5) is 70.9. The van der Waals surface area contributed by atoms with Crippen molar-refractivity contribution in [3.05, 3.63) is 36.2 Å². The highest BCUT2D eigenvalue weighted by Gasteiger charge is 2.49. The van der Waals surface area contributed by atoms with Gasteiger partial charge in [-0.25, -0.2) is 9.48 Å². The minimum atomic E-state index is -1.58. The lowest BCUT2D eigenvalue weighted by Crippen LogP contribution is -2.64. The second-order valence-corrected chi connectivity index (χ2v) is 14.3. The lowest BCUT2D eigenvalue weighted by Gasteiger charge is -2.37. The van der Waals surface area contributed by atoms with Crippen molar-refractivity contribution >= 4 is 35.2 Å². The number of hydrogen-bond acceptors (Lipinski definition) is 10. The summed E-state index contributed by atoms with van der Waals surface area (Å²) < 4.78 is 12.6. The molecular formula is C34H46N8O8. The molecule has 1 aromatic carbocycles. The topological polar surface area (TPSA) is 211 Å². The number of rotatable bonds is 10. The molecule has 1 aromatic heterocycles. The Bertz CT molecular complexity index is 1610. The van der Waals surface area contributed by atoms with Crippen molar-refractivity contribution in [2.24, 2.45) is 11.7 Å². The normalized spacial score (nSPS) is 22.7. The number of anilines is 1. The van der Waals surface area contributed by atoms with Crippen LogP contribution in [0, 0.1) is 5.92 Å². The Morgan fingerprint density at radius 1 is 1.10 bits per heavy atom. The van der Waals surface area contributed by atoms with Gasteiger partial charge in [0.15, 0.2) is 6.73 Å². The van der Waals surface area contributed by atoms with Crippen LogP contribution in [0.3, 0.4) is 0 Å². The molecule has 5 amide bonds. The van der Waals surface area contributed by atoms with Crippen LogP contribution in [-0.4, -0.2) is 98.6 Å². The number of ketones is 1. The molecular weight excluding hydrogens is 648 g/mol. The Balaban J connectivity index is 1.32. The number of aliphatic hydroxyl groups is 1. The van der Waals surface area contributed by atoms with E-state index in [1.807, 2.05) is 6.07 Å². The number of hydrogen-bond donors (Lipinski definition) is 4. The molecule has 2 aromatic rings. The molecule has 1 unspecified atom stereocenters. The molecule has 4 heterocycles. The van der Waals surface area contributed by atoms with E-state index in [1.165, 1.54) is 20.7 Å². The fourth-order valence-electron chi connectivity index (χ4n) is 7.70. The molecule has 3 atom stereocenters. The molecule has 270 valence electrons. The van der Waals surface area contributed by atoms with E-state index in [0.29, 0.717) is 23.6 Å². The second kappa shape index (κ2) is 14.3. The van der Waals surface area contributed by atoms with Crippen molar-refractivity contribution in [2.75, 3.05) is 31.4 Å². The SMILES string of the molecule is CC(C)(O)c1cnnn1[C@H]1C[C@@H](C(=O)NC2(C(=O)C(N)=O)CCOCC2)N(C(=O)C(CC2CCCCC2)NC(=O)N2COc3ccccc32)C1. The van der Waals surface area contributed by atoms with E-state index in [9.17, 15) is 29.1 Å². The first-order valence-corrected chi connectivity index (χ1v) is 17.4. The van der Waals surface area contributed by atoms with Crippen LogP contribution in [0.15, 0.2) is 30.5 Å². The zero-order chi connectivity index (χ0) is 35.6. The van der Waals surface area contributed by atoms with Crippen LogP contribution in [0.4, 0.5) is 10.5 Å². The van der Waals surface area contributed by atoms with Crippen molar-refractivity contribution < 1.29 is 38.6 Å². The van der Waals surface area contributed by atoms with E-state index in [-0.39, 0.29) is 51.7 Å². The van der Waals surface area contributed by atoms with Gasteiger partial charge < -0.3 is 35.8 Å². The fourth-order valence-corrected chi connectivity index (χ4v) is 7.70. The van der Waals surface area contributed by atoms with E-state index in [1.54, 1.807) is 32.0 Å². The summed E-state index contributed by atoms with van der Waals surface area (Å²) >= 11 is 0. The van der Waals surface area contributed by atoms with Gasteiger partial charge >= 0.3 is 6.03 Å². The van der Waals surface area contributed by atoms with Gasteiger partial charge in [0.1, 0.15) is 29.0 Å². The molecule has 3 aliphatic heterocycles. The maximum Gasteiger partial charge on any atom is 0.325 e. The number of likely N-dealkylation sites (tertiary alicyclic amines) is 1. The van der Waals surface area contributed by atoms with Gasteiger partial charge in [0.2, 0.25) is 17.6 Å². The standard InChI is InChI=1S/C34H46N8O8/c1-33(2,48)27-18-36-39-42(27)22-17-25(30(45)38-34(28(43)29(35)44)12-14-49-15-13-34)40(19-22)31(46)23(16-21-8-4-3-5-9-21)37-32(47)41-20-50-26-11-7-6-10-24(26)41/h6-7,10-11,18,21-23,25,48H,3-5,8-9,12-17,19-20H2,1-2H3,(H2,35,44)(H,37,47)(H,38,45)/t22-,23?,25-/m0/s1. The third-order valence-electron chi connectivity index (χ3n) is 10.4. The minimum Gasteiger partial charge on any atom is -0.470 e. The van der Waals surface area contributed by atoms with Gasteiger partial charge in [-0.05, 0) is 38.3 Å². The molecule has 16 nitrogen and oxygen atoms in total. The van der Waals surface area contributed by atoms with Crippen molar-refractivity contribution in [3.8, 4) is 5.75 Å². The first-order chi connectivity index (χ1) is 23.9. The molecule has 1 saturated carbocycles. The summed E-state index contributed by atoms with van der Waals surface area (Å²) in [5.74, 6) is -2.48. The number of ether oxygens (including phenoxy) is 2. The van der Waals surface area contributed by atoms with Gasteiger partial charge in [-0.15, -0.1) is 5.10 Å². The number of amides is 5. The summed E-state index contributed by atoms with van der Waals surface area (Å²) in [6.45, 7) is 3.42. The van der Waals surface area contributed by atoms with Gasteiger partial charge in [0.05, 0.1) is 23.6 Å². The molecule has 16 heteroatoms. The smallest absolute Gasteiger partial charge is 0.325 e. The number of primary amides is 1. The maximum absolute atomic E-state index is 14.8. The molecule has 0 radical (unpaired) electrons. The number of urea groups is 1. The molecule has 0 spiro atoms. The maximum atomic E-state index is 14.8. The largest absolute Gasteiger partial charge is 0.470 e. The fraction of sp³-hybridized carbons (Fsp3) is 0.618. The summed E-state index contributed by atoms with van der Waals surface area (Å²) in [5, 5.41) is 24.8. The average molecular weight is 695 g/mol. The molecule has 3 fully saturated rings. The van der Waals surface area contributed by atoms with Crippen LogP contribution in [0.25, 0.3) is 0 Å². The Morgan fingerprint density at radius 2 is 1.82 bits per heavy atom. The number of nitrogens with two attached hydrogens (primary N) is 1. The molecule has 5 N–H and O–H groups in total. The summed E-state index contributed by atoms with van der Waals surface area (Å²) in [6.07, 6.45) is 6.93. The predicted octanol–water partition coefficient (Wildman–Crippen LogP) is 1.27. The van der Waals surface area contributed by atoms with Crippen LogP contribution < -0.4 is 26.0 Å². The number of benzene rings is 1. The minimum absolute atomic E-state index is 0.00985. The van der Waals surface area contributed by atoms with E-state index in [0.717, 1.165) is 32.1 Å². The number of carbonyl (C=O) groups excluding carboxylic acids is 5. The van der Waals surface area contributed by atoms with Crippen molar-refractivity contribution in [2.45, 2.75) is 101 Å². The van der Waals surface area contributed by atoms with Crippen molar-refractivity contribution in [3.63, 3.8) is 0 Å². The van der Waals surface area contributed by atoms with Crippen LogP contribution in [0.5, 0.6) is 5.75 Å². The third kappa shape index (κ3) is 7.17. The number of Topliss-reactive ketones (excluding diaryl/α,β-unsaturated/α-hetero) is 1. The van der Waals surface area contributed by atoms with Gasteiger partial charge in [-0.3, -0.25) is 24.1 Å². The highest BCUT2D eigenvalue weighted by atomic mass is 16.5. The first-order valence-electron chi connectivity index (χ1n) is 17.4. The lowest BCUT2D eigenvalue weighted by molar-refractivity contribution is -0.147. The van der Waals surface area contributed by atoms with Crippen LogP contribution in [-0.2, 0) is 29.5 Å². The first kappa shape index (κ1) is 35.3. The summed E-state index contributed by atoms with van der Waals surface area (Å²) in [5.41, 5.74) is 3.47. The Labute approximate surface area is 290 Å². The predicted molar refractivity (Wildman–Crippen MR) is 177 cm³/mol. The third-order valence-corrected chi connectivity index (χ3v) is 10.4. The number of fused-ring (bicyclic) bond motifs is 1. The van der Waals surface area contributed by atoms with Crippen molar-refractivity contribution in [1.82, 2.24) is 30.5 Å². The molecule has 6 rings (SSSR count). The quantitative estimate of drug-likeness (QED) is 0.262. The Morgan fingerprint density at radius 3 is 2.52 bits per heavy atom. The second-order valence-electron chi connectivity index (χ2n) is 14.3. The lowest BCUT2D eigenvalue weighted by atomic mass is 9.84. The number of nitrogens with zero attached hydrogens (tertiary/aromatic N) is 5. The number of nitrogens with one attached hydrogen (secondary N) is 2. The van der Waals surface area contributed by atoms with Crippen molar-refractivity contribution in [1.29, 1.82) is 0 Å². The highest BCUT2D eigenvalue weighted by molar-refractivity contribution is 6.39. The van der Waals surface area contributed by atoms with E-state index in [2.05, 4.69) is 20.9 Å². The Kier molecular flexibility index (Phi) is 10.1. The van der Waals surface area contributed by atoms with E-state index < -0.39 is 58.8 Å². The van der Waals surface area contributed by atoms with Crippen LogP contribution in [0.1, 0.15) is 83.4 Å². The average Bonchev–Trinajstić information content (AvgIpc) is 3.87. The molecule has 50 heavy (non-hydrogen) atoms. The number of carbonyl (C=O) groups is 5. The Hall–Kier alpha value is -4.57. The molecule has 4 aliphatic rings. The van der Waals surface area contributed by atoms with Crippen LogP contribution in [0.2, 0.25) is 0 Å². The van der Waals surface area contributed by atoms with Gasteiger partial charge in [-0.1, -0.05) is 49.5 Å². The van der Waals surface area contributed by atoms with Crippen LogP contribution >= 0.6 is 0 Å². The highest BCUT2D eigenvalue weighted by Crippen LogP contribution is 2.36. The molecule has 0 bridgehead atoms. The summed E-state index contributed by atoms with van der Waals surface area (Å²) in [7, 11) is 0. The monoisotopic (exact) mass is 694 g/mol. The van der Waals surface area contributed by atoms with Gasteiger partial charge in [-0.2, -0.15) is 0 Å². The summed E-state index contributed by atoms with van der Waals surface area (Å²) in [6, 6.07) is 3.95. The zero-order valence-electron chi connectivity index (χ0n) is 28.5. The molecule has 1 aliphatic carbocycles. The van der Waals surface area contributed by atoms with E-state index in [4.69, 9.17) is 15.2 Å². The number of para-hydroxylation sites is 2. The molecule has 2 saturated heterocycles. The van der Waals surface area contributed by atoms with Gasteiger partial charge in [0, 0.05) is 39.0 Å².